The second-order valence-electron chi connectivity index (χ2n) is 5.27. The lowest BCUT2D eigenvalue weighted by molar-refractivity contribution is 0.0697. The minimum atomic E-state index is -1.16. The minimum absolute atomic E-state index is 0.0479. The third-order valence-electron chi connectivity index (χ3n) is 3.75. The highest BCUT2D eigenvalue weighted by molar-refractivity contribution is 6.31. The fourth-order valence-corrected chi connectivity index (χ4v) is 2.80. The fraction of sp³-hybridized carbons (Fsp3) is 0.176. The van der Waals surface area contributed by atoms with Gasteiger partial charge >= 0.3 is 5.97 Å². The highest BCUT2D eigenvalue weighted by atomic mass is 35.5. The van der Waals surface area contributed by atoms with Crippen molar-refractivity contribution in [3.8, 4) is 16.9 Å². The lowest BCUT2D eigenvalue weighted by atomic mass is 9.94. The van der Waals surface area contributed by atoms with Crippen molar-refractivity contribution < 1.29 is 24.5 Å². The molecule has 6 nitrogen and oxygen atoms in total. The van der Waals surface area contributed by atoms with Crippen LogP contribution >= 0.6 is 11.6 Å². The van der Waals surface area contributed by atoms with E-state index in [4.69, 9.17) is 16.3 Å². The average Bonchev–Trinajstić information content (AvgIpc) is 2.76. The molecule has 3 rings (SSSR count). The van der Waals surface area contributed by atoms with E-state index in [-0.39, 0.29) is 30.1 Å². The van der Waals surface area contributed by atoms with E-state index in [0.29, 0.717) is 28.3 Å². The molecule has 3 N–H and O–H groups in total. The van der Waals surface area contributed by atoms with E-state index in [9.17, 15) is 19.8 Å². The molecule has 0 unspecified atom stereocenters. The standard InChI is InChI=1S/C17H14ClNO5/c18-11-2-1-9(8-20)12(7-11)13-5-10(17(22)23)6-14-15(13)24-4-3-19-16(14)21/h1-2,5-7,20H,3-4,8H2,(H,19,21)(H,22,23). The highest BCUT2D eigenvalue weighted by Gasteiger charge is 2.24. The first-order valence-electron chi connectivity index (χ1n) is 7.23. The highest BCUT2D eigenvalue weighted by Crippen LogP contribution is 2.38. The van der Waals surface area contributed by atoms with Gasteiger partial charge in [-0.05, 0) is 35.4 Å². The van der Waals surface area contributed by atoms with Crippen LogP contribution in [-0.2, 0) is 6.61 Å². The van der Waals surface area contributed by atoms with Crippen LogP contribution < -0.4 is 10.1 Å². The van der Waals surface area contributed by atoms with E-state index in [1.54, 1.807) is 18.2 Å². The summed E-state index contributed by atoms with van der Waals surface area (Å²) in [5.74, 6) is -1.28. The number of carbonyl (C=O) groups excluding carboxylic acids is 1. The van der Waals surface area contributed by atoms with E-state index in [1.807, 2.05) is 0 Å². The Labute approximate surface area is 142 Å². The van der Waals surface area contributed by atoms with E-state index in [0.717, 1.165) is 0 Å². The largest absolute Gasteiger partial charge is 0.490 e. The minimum Gasteiger partial charge on any atom is -0.490 e. The van der Waals surface area contributed by atoms with E-state index < -0.39 is 11.9 Å². The molecule has 0 bridgehead atoms. The van der Waals surface area contributed by atoms with Gasteiger partial charge in [-0.3, -0.25) is 4.79 Å². The predicted molar refractivity (Wildman–Crippen MR) is 87.6 cm³/mol. The Morgan fingerprint density at radius 2 is 1.96 bits per heavy atom. The second-order valence-corrected chi connectivity index (χ2v) is 5.71. The van der Waals surface area contributed by atoms with Crippen molar-refractivity contribution in [1.82, 2.24) is 5.32 Å². The van der Waals surface area contributed by atoms with Crippen LogP contribution in [0.25, 0.3) is 11.1 Å². The van der Waals surface area contributed by atoms with Crippen LogP contribution in [-0.4, -0.2) is 35.2 Å². The summed E-state index contributed by atoms with van der Waals surface area (Å²) in [7, 11) is 0. The van der Waals surface area contributed by atoms with E-state index >= 15 is 0 Å². The van der Waals surface area contributed by atoms with Crippen LogP contribution in [0.5, 0.6) is 5.75 Å². The van der Waals surface area contributed by atoms with Gasteiger partial charge in [0.25, 0.3) is 5.91 Å². The predicted octanol–water partition coefficient (Wildman–Crippen LogP) is 2.32. The number of rotatable bonds is 3. The zero-order valence-corrected chi connectivity index (χ0v) is 13.3. The smallest absolute Gasteiger partial charge is 0.335 e. The normalized spacial score (nSPS) is 13.5. The summed E-state index contributed by atoms with van der Waals surface area (Å²) in [6, 6.07) is 7.59. The van der Waals surface area contributed by atoms with Crippen molar-refractivity contribution in [3.05, 3.63) is 52.0 Å². The first-order valence-corrected chi connectivity index (χ1v) is 7.61. The Kier molecular flexibility index (Phi) is 4.42. The quantitative estimate of drug-likeness (QED) is 0.792. The molecule has 0 aliphatic carbocycles. The SMILES string of the molecule is O=C(O)c1cc2c(c(-c3cc(Cl)ccc3CO)c1)OCCNC2=O. The number of benzene rings is 2. The number of carboxylic acids is 1. The number of aliphatic hydroxyl groups excluding tert-OH is 1. The first-order chi connectivity index (χ1) is 11.5. The van der Waals surface area contributed by atoms with Gasteiger partial charge in [0, 0.05) is 10.6 Å². The molecule has 0 spiro atoms. The van der Waals surface area contributed by atoms with Crippen LogP contribution in [0.3, 0.4) is 0 Å². The third-order valence-corrected chi connectivity index (χ3v) is 3.98. The maximum Gasteiger partial charge on any atom is 0.335 e. The molecule has 0 fully saturated rings. The number of fused-ring (bicyclic) bond motifs is 1. The third kappa shape index (κ3) is 2.93. The van der Waals surface area contributed by atoms with Gasteiger partial charge in [0.2, 0.25) is 0 Å². The molecule has 1 aliphatic heterocycles. The fourth-order valence-electron chi connectivity index (χ4n) is 2.63. The summed E-state index contributed by atoms with van der Waals surface area (Å²) in [5, 5.41) is 22.0. The van der Waals surface area contributed by atoms with E-state index in [1.165, 1.54) is 12.1 Å². The van der Waals surface area contributed by atoms with Crippen molar-refractivity contribution in [3.63, 3.8) is 0 Å². The van der Waals surface area contributed by atoms with Crippen molar-refractivity contribution in [2.24, 2.45) is 0 Å². The molecule has 24 heavy (non-hydrogen) atoms. The molecular formula is C17H14ClNO5. The summed E-state index contributed by atoms with van der Waals surface area (Å²) >= 11 is 6.05. The Balaban J connectivity index is 2.33. The van der Waals surface area contributed by atoms with Crippen molar-refractivity contribution in [2.75, 3.05) is 13.2 Å². The molecule has 7 heteroatoms. The molecule has 1 aliphatic rings. The summed E-state index contributed by atoms with van der Waals surface area (Å²) in [6.07, 6.45) is 0. The van der Waals surface area contributed by atoms with Gasteiger partial charge in [0.1, 0.15) is 12.4 Å². The Hall–Kier alpha value is -2.57. The van der Waals surface area contributed by atoms with E-state index in [2.05, 4.69) is 5.32 Å². The van der Waals surface area contributed by atoms with Crippen molar-refractivity contribution in [2.45, 2.75) is 6.61 Å². The first kappa shape index (κ1) is 16.3. The number of carboxylic acid groups (broad SMARTS) is 1. The van der Waals surface area contributed by atoms with Crippen LogP contribution in [0.1, 0.15) is 26.3 Å². The monoisotopic (exact) mass is 347 g/mol. The lowest BCUT2D eigenvalue weighted by Gasteiger charge is -2.16. The van der Waals surface area contributed by atoms with Crippen molar-refractivity contribution in [1.29, 1.82) is 0 Å². The molecule has 124 valence electrons. The number of aromatic carboxylic acids is 1. The number of aliphatic hydroxyl groups is 1. The van der Waals surface area contributed by atoms with Crippen LogP contribution in [0.4, 0.5) is 0 Å². The average molecular weight is 348 g/mol. The van der Waals surface area contributed by atoms with Crippen LogP contribution in [0, 0.1) is 0 Å². The molecule has 2 aromatic rings. The zero-order valence-electron chi connectivity index (χ0n) is 12.5. The van der Waals surface area contributed by atoms with Gasteiger partial charge in [0.15, 0.2) is 0 Å². The van der Waals surface area contributed by atoms with Gasteiger partial charge in [0.05, 0.1) is 24.3 Å². The topological polar surface area (TPSA) is 95.9 Å². The molecule has 0 atom stereocenters. The van der Waals surface area contributed by atoms with Gasteiger partial charge < -0.3 is 20.3 Å². The molecule has 0 radical (unpaired) electrons. The molecule has 0 aromatic heterocycles. The number of halogens is 1. The van der Waals surface area contributed by atoms with Gasteiger partial charge in [-0.2, -0.15) is 0 Å². The molecule has 1 amide bonds. The second kappa shape index (κ2) is 6.51. The Morgan fingerprint density at radius 1 is 1.21 bits per heavy atom. The summed E-state index contributed by atoms with van der Waals surface area (Å²) in [5.41, 5.74) is 1.59. The summed E-state index contributed by atoms with van der Waals surface area (Å²) in [6.45, 7) is 0.315. The lowest BCUT2D eigenvalue weighted by Crippen LogP contribution is -2.24. The van der Waals surface area contributed by atoms with Gasteiger partial charge in [-0.25, -0.2) is 4.79 Å². The molecule has 0 saturated carbocycles. The van der Waals surface area contributed by atoms with Gasteiger partial charge in [-0.15, -0.1) is 0 Å². The molecule has 2 aromatic carbocycles. The Morgan fingerprint density at radius 3 is 2.67 bits per heavy atom. The number of carbonyl (C=O) groups is 2. The molecule has 0 saturated heterocycles. The number of hydrogen-bond donors (Lipinski definition) is 3. The van der Waals surface area contributed by atoms with Crippen LogP contribution in [0.2, 0.25) is 5.02 Å². The molecule has 1 heterocycles. The van der Waals surface area contributed by atoms with Crippen molar-refractivity contribution >= 4 is 23.5 Å². The Bertz CT molecular complexity index is 834. The summed E-state index contributed by atoms with van der Waals surface area (Å²) in [4.78, 5) is 23.7. The number of ether oxygens (including phenoxy) is 1. The number of hydrogen-bond acceptors (Lipinski definition) is 4. The summed E-state index contributed by atoms with van der Waals surface area (Å²) < 4.78 is 5.68. The van der Waals surface area contributed by atoms with Gasteiger partial charge in [-0.1, -0.05) is 17.7 Å². The number of amides is 1. The number of nitrogens with one attached hydrogen (secondary N) is 1. The molecular weight excluding hydrogens is 334 g/mol. The maximum atomic E-state index is 12.2. The van der Waals surface area contributed by atoms with Crippen LogP contribution in [0.15, 0.2) is 30.3 Å². The maximum absolute atomic E-state index is 12.2. The zero-order chi connectivity index (χ0) is 17.3.